The first kappa shape index (κ1) is 11.3. The second-order valence-corrected chi connectivity index (χ2v) is 4.03. The van der Waals surface area contributed by atoms with Crippen molar-refractivity contribution in [2.45, 2.75) is 31.6 Å². The van der Waals surface area contributed by atoms with Crippen LogP contribution in [0.2, 0.25) is 0 Å². The van der Waals surface area contributed by atoms with Gasteiger partial charge in [-0.3, -0.25) is 14.5 Å². The van der Waals surface area contributed by atoms with E-state index in [2.05, 4.69) is 0 Å². The minimum Gasteiger partial charge on any atom is -0.465 e. The maximum Gasteiger partial charge on any atom is 0.320 e. The zero-order chi connectivity index (χ0) is 11.7. The zero-order valence-electron chi connectivity index (χ0n) is 9.09. The molecule has 6 heteroatoms. The Morgan fingerprint density at radius 1 is 1.69 bits per heavy atom. The molecule has 2 fully saturated rings. The van der Waals surface area contributed by atoms with Gasteiger partial charge in [0, 0.05) is 6.54 Å². The van der Waals surface area contributed by atoms with Crippen LogP contribution in [0, 0.1) is 0 Å². The Morgan fingerprint density at radius 3 is 3.12 bits per heavy atom. The molecule has 0 saturated carbocycles. The van der Waals surface area contributed by atoms with E-state index >= 15 is 0 Å². The van der Waals surface area contributed by atoms with Gasteiger partial charge in [-0.2, -0.15) is 0 Å². The van der Waals surface area contributed by atoms with Gasteiger partial charge in [-0.25, -0.2) is 0 Å². The van der Waals surface area contributed by atoms with Gasteiger partial charge in [0.2, 0.25) is 0 Å². The highest BCUT2D eigenvalue weighted by Gasteiger charge is 2.49. The number of ether oxygens (including phenoxy) is 2. The predicted molar refractivity (Wildman–Crippen MR) is 52.5 cm³/mol. The molecule has 3 atom stereocenters. The van der Waals surface area contributed by atoms with Crippen LogP contribution >= 0.6 is 0 Å². The molecule has 0 aromatic carbocycles. The molecule has 1 N–H and O–H groups in total. The number of hydrogen-bond donors (Lipinski definition) is 1. The molecular weight excluding hydrogens is 214 g/mol. The van der Waals surface area contributed by atoms with E-state index in [9.17, 15) is 14.7 Å². The van der Waals surface area contributed by atoms with Crippen molar-refractivity contribution in [2.75, 3.05) is 19.7 Å². The summed E-state index contributed by atoms with van der Waals surface area (Å²) in [5, 5.41) is 9.66. The monoisotopic (exact) mass is 229 g/mol. The molecule has 0 aliphatic carbocycles. The Labute approximate surface area is 93.1 Å². The Morgan fingerprint density at radius 2 is 2.44 bits per heavy atom. The topological polar surface area (TPSA) is 76.1 Å². The van der Waals surface area contributed by atoms with Gasteiger partial charge in [-0.15, -0.1) is 0 Å². The first-order valence-corrected chi connectivity index (χ1v) is 5.39. The molecule has 2 rings (SSSR count). The lowest BCUT2D eigenvalue weighted by Crippen LogP contribution is -2.36. The molecule has 0 spiro atoms. The SMILES string of the molecule is CCOC(=O)CN1C[C@@H](O)[C@H]2OC(=O)C[C@H]21. The first-order valence-electron chi connectivity index (χ1n) is 5.39. The zero-order valence-corrected chi connectivity index (χ0v) is 9.09. The fourth-order valence-corrected chi connectivity index (χ4v) is 2.27. The number of esters is 2. The summed E-state index contributed by atoms with van der Waals surface area (Å²) in [6.07, 6.45) is -0.950. The van der Waals surface area contributed by atoms with E-state index in [1.165, 1.54) is 0 Å². The van der Waals surface area contributed by atoms with Gasteiger partial charge in [0.25, 0.3) is 0 Å². The number of hydrogen-bond acceptors (Lipinski definition) is 6. The van der Waals surface area contributed by atoms with Gasteiger partial charge in [-0.1, -0.05) is 0 Å². The van der Waals surface area contributed by atoms with Crippen molar-refractivity contribution in [3.8, 4) is 0 Å². The van der Waals surface area contributed by atoms with Gasteiger partial charge in [0.15, 0.2) is 0 Å². The minimum atomic E-state index is -0.703. The van der Waals surface area contributed by atoms with Crippen molar-refractivity contribution in [2.24, 2.45) is 0 Å². The Kier molecular flexibility index (Phi) is 3.11. The van der Waals surface area contributed by atoms with Crippen LogP contribution in [0.3, 0.4) is 0 Å². The smallest absolute Gasteiger partial charge is 0.320 e. The minimum absolute atomic E-state index is 0.0999. The number of carbonyl (C=O) groups is 2. The normalized spacial score (nSPS) is 33.6. The summed E-state index contributed by atoms with van der Waals surface area (Å²) in [4.78, 5) is 24.1. The summed E-state index contributed by atoms with van der Waals surface area (Å²) in [6, 6.07) is -0.188. The molecule has 16 heavy (non-hydrogen) atoms. The molecule has 0 bridgehead atoms. The van der Waals surface area contributed by atoms with Crippen molar-refractivity contribution in [1.82, 2.24) is 4.90 Å². The molecule has 0 radical (unpaired) electrons. The average Bonchev–Trinajstić information content (AvgIpc) is 2.69. The molecule has 2 aliphatic heterocycles. The number of β-amino-alcohol motifs (C(OH)–C–C–N with tert-alkyl or cyclic N) is 1. The summed E-state index contributed by atoms with van der Waals surface area (Å²) in [5.41, 5.74) is 0. The lowest BCUT2D eigenvalue weighted by molar-refractivity contribution is -0.146. The van der Waals surface area contributed by atoms with E-state index in [0.717, 1.165) is 0 Å². The number of rotatable bonds is 3. The van der Waals surface area contributed by atoms with Crippen LogP contribution in [-0.2, 0) is 19.1 Å². The van der Waals surface area contributed by atoms with Crippen molar-refractivity contribution in [3.63, 3.8) is 0 Å². The third-order valence-corrected chi connectivity index (χ3v) is 2.93. The van der Waals surface area contributed by atoms with Gasteiger partial charge in [-0.05, 0) is 6.92 Å². The van der Waals surface area contributed by atoms with Crippen LogP contribution < -0.4 is 0 Å². The van der Waals surface area contributed by atoms with Gasteiger partial charge in [0.05, 0.1) is 25.6 Å². The standard InChI is InChI=1S/C10H15NO5/c1-2-15-9(14)5-11-4-7(12)10-6(11)3-8(13)16-10/h6-7,10,12H,2-5H2,1H3/t6-,7-,10+/m1/s1. The molecule has 0 aromatic heterocycles. The molecule has 0 amide bonds. The second kappa shape index (κ2) is 4.39. The number of likely N-dealkylation sites (tertiary alicyclic amines) is 1. The van der Waals surface area contributed by atoms with E-state index in [-0.39, 0.29) is 30.9 Å². The summed E-state index contributed by atoms with van der Waals surface area (Å²) in [7, 11) is 0. The quantitative estimate of drug-likeness (QED) is 0.620. The maximum atomic E-state index is 11.3. The largest absolute Gasteiger partial charge is 0.465 e. The third kappa shape index (κ3) is 2.03. The third-order valence-electron chi connectivity index (χ3n) is 2.93. The lowest BCUT2D eigenvalue weighted by atomic mass is 10.1. The fraction of sp³-hybridized carbons (Fsp3) is 0.800. The highest BCUT2D eigenvalue weighted by atomic mass is 16.6. The molecule has 2 heterocycles. The fourth-order valence-electron chi connectivity index (χ4n) is 2.27. The maximum absolute atomic E-state index is 11.3. The van der Waals surface area contributed by atoms with Gasteiger partial charge >= 0.3 is 11.9 Å². The molecule has 0 unspecified atom stereocenters. The van der Waals surface area contributed by atoms with Gasteiger partial charge in [0.1, 0.15) is 12.2 Å². The van der Waals surface area contributed by atoms with E-state index in [1.807, 2.05) is 0 Å². The molecule has 2 saturated heterocycles. The van der Waals surface area contributed by atoms with Crippen LogP contribution in [0.4, 0.5) is 0 Å². The summed E-state index contributed by atoms with van der Waals surface area (Å²) >= 11 is 0. The molecule has 0 aromatic rings. The van der Waals surface area contributed by atoms with Gasteiger partial charge < -0.3 is 14.6 Å². The number of carbonyl (C=O) groups excluding carboxylic acids is 2. The number of aliphatic hydroxyl groups excluding tert-OH is 1. The van der Waals surface area contributed by atoms with Crippen molar-refractivity contribution >= 4 is 11.9 Å². The molecule has 6 nitrogen and oxygen atoms in total. The number of aliphatic hydroxyl groups is 1. The van der Waals surface area contributed by atoms with E-state index in [0.29, 0.717) is 13.2 Å². The molecule has 2 aliphatic rings. The highest BCUT2D eigenvalue weighted by molar-refractivity contribution is 5.74. The number of fused-ring (bicyclic) bond motifs is 1. The molecule has 90 valence electrons. The summed E-state index contributed by atoms with van der Waals surface area (Å²) in [6.45, 7) is 2.52. The average molecular weight is 229 g/mol. The van der Waals surface area contributed by atoms with Crippen LogP contribution in [0.15, 0.2) is 0 Å². The Bertz CT molecular complexity index is 306. The second-order valence-electron chi connectivity index (χ2n) is 4.03. The van der Waals surface area contributed by atoms with Crippen molar-refractivity contribution < 1.29 is 24.2 Å². The Balaban J connectivity index is 1.96. The molecular formula is C10H15NO5. The number of nitrogens with zero attached hydrogens (tertiary/aromatic N) is 1. The van der Waals surface area contributed by atoms with Crippen LogP contribution in [0.1, 0.15) is 13.3 Å². The summed E-state index contributed by atoms with van der Waals surface area (Å²) < 4.78 is 9.81. The van der Waals surface area contributed by atoms with Crippen molar-refractivity contribution in [3.05, 3.63) is 0 Å². The first-order chi connectivity index (χ1) is 7.61. The lowest BCUT2D eigenvalue weighted by Gasteiger charge is -2.19. The van der Waals surface area contributed by atoms with Crippen LogP contribution in [0.25, 0.3) is 0 Å². The van der Waals surface area contributed by atoms with E-state index in [1.54, 1.807) is 11.8 Å². The highest BCUT2D eigenvalue weighted by Crippen LogP contribution is 2.29. The summed E-state index contributed by atoms with van der Waals surface area (Å²) in [5.74, 6) is -0.655. The van der Waals surface area contributed by atoms with Crippen LogP contribution in [0.5, 0.6) is 0 Å². The van der Waals surface area contributed by atoms with Crippen molar-refractivity contribution in [1.29, 1.82) is 0 Å². The predicted octanol–water partition coefficient (Wildman–Crippen LogP) is -1.09. The Hall–Kier alpha value is -1.14. The van der Waals surface area contributed by atoms with E-state index in [4.69, 9.17) is 9.47 Å². The van der Waals surface area contributed by atoms with E-state index < -0.39 is 12.2 Å². The van der Waals surface area contributed by atoms with Crippen LogP contribution in [-0.4, -0.2) is 59.9 Å².